The lowest BCUT2D eigenvalue weighted by Gasteiger charge is -2.33. The number of amides is 2. The van der Waals surface area contributed by atoms with Gasteiger partial charge in [-0.15, -0.1) is 0 Å². The second kappa shape index (κ2) is 4.09. The van der Waals surface area contributed by atoms with Crippen LogP contribution in [0.1, 0.15) is 38.5 Å². The van der Waals surface area contributed by atoms with Crippen molar-refractivity contribution in [3.63, 3.8) is 0 Å². The molecule has 3 aliphatic rings. The van der Waals surface area contributed by atoms with Gasteiger partial charge >= 0.3 is 0 Å². The van der Waals surface area contributed by atoms with E-state index >= 15 is 0 Å². The maximum absolute atomic E-state index is 12.1. The van der Waals surface area contributed by atoms with Crippen molar-refractivity contribution < 1.29 is 14.7 Å². The Morgan fingerprint density at radius 2 is 1.59 bits per heavy atom. The van der Waals surface area contributed by atoms with E-state index in [1.54, 1.807) is 0 Å². The van der Waals surface area contributed by atoms with Crippen LogP contribution >= 0.6 is 0 Å². The molecule has 0 bridgehead atoms. The Morgan fingerprint density at radius 1 is 1.06 bits per heavy atom. The first kappa shape index (κ1) is 11.2. The molecule has 1 heterocycles. The molecule has 2 atom stereocenters. The molecule has 1 aliphatic heterocycles. The van der Waals surface area contributed by atoms with Crippen LogP contribution in [0.5, 0.6) is 0 Å². The van der Waals surface area contributed by atoms with Crippen LogP contribution in [0.4, 0.5) is 0 Å². The van der Waals surface area contributed by atoms with Gasteiger partial charge in [0.25, 0.3) is 0 Å². The highest BCUT2D eigenvalue weighted by molar-refractivity contribution is 6.05. The van der Waals surface area contributed by atoms with Crippen LogP contribution in [0.25, 0.3) is 0 Å². The van der Waals surface area contributed by atoms with Gasteiger partial charge in [-0.3, -0.25) is 14.5 Å². The van der Waals surface area contributed by atoms with Crippen molar-refractivity contribution in [2.75, 3.05) is 6.54 Å². The molecule has 17 heavy (non-hydrogen) atoms. The largest absolute Gasteiger partial charge is 0.393 e. The molecule has 1 saturated heterocycles. The van der Waals surface area contributed by atoms with E-state index in [-0.39, 0.29) is 29.8 Å². The van der Waals surface area contributed by atoms with Gasteiger partial charge in [0.15, 0.2) is 0 Å². The summed E-state index contributed by atoms with van der Waals surface area (Å²) in [6.07, 6.45) is 5.21. The number of hydrogen-bond donors (Lipinski definition) is 1. The standard InChI is InChI=1S/C13H19NO3/c15-9-5-8(6-9)7-14-12(16)10-3-1-2-4-11(10)13(14)17/h8-11,15H,1-7H2. The zero-order chi connectivity index (χ0) is 12.0. The summed E-state index contributed by atoms with van der Waals surface area (Å²) in [4.78, 5) is 25.8. The second-order valence-corrected chi connectivity index (χ2v) is 5.78. The molecule has 3 rings (SSSR count). The van der Waals surface area contributed by atoms with E-state index in [4.69, 9.17) is 0 Å². The molecule has 2 amide bonds. The molecule has 1 N–H and O–H groups in total. The maximum atomic E-state index is 12.1. The fourth-order valence-corrected chi connectivity index (χ4v) is 3.52. The second-order valence-electron chi connectivity index (χ2n) is 5.78. The average molecular weight is 237 g/mol. The number of fused-ring (bicyclic) bond motifs is 1. The first-order valence-electron chi connectivity index (χ1n) is 6.70. The number of rotatable bonds is 2. The summed E-state index contributed by atoms with van der Waals surface area (Å²) in [5, 5.41) is 9.24. The van der Waals surface area contributed by atoms with Crippen molar-refractivity contribution >= 4 is 11.8 Å². The zero-order valence-electron chi connectivity index (χ0n) is 9.97. The molecule has 0 aromatic heterocycles. The number of imide groups is 1. The summed E-state index contributed by atoms with van der Waals surface area (Å²) in [5.74, 6) is 0.391. The van der Waals surface area contributed by atoms with Crippen LogP contribution in [0.2, 0.25) is 0 Å². The Morgan fingerprint density at radius 3 is 2.06 bits per heavy atom. The number of aliphatic hydroxyl groups is 1. The van der Waals surface area contributed by atoms with Crippen molar-refractivity contribution in [2.24, 2.45) is 17.8 Å². The van der Waals surface area contributed by atoms with E-state index in [0.29, 0.717) is 12.5 Å². The Bertz CT molecular complexity index is 325. The third-order valence-corrected chi connectivity index (χ3v) is 4.58. The first-order valence-corrected chi connectivity index (χ1v) is 6.70. The number of aliphatic hydroxyl groups excluding tert-OH is 1. The van der Waals surface area contributed by atoms with Gasteiger partial charge in [-0.05, 0) is 31.6 Å². The van der Waals surface area contributed by atoms with Crippen LogP contribution < -0.4 is 0 Å². The number of carbonyl (C=O) groups excluding carboxylic acids is 2. The summed E-state index contributed by atoms with van der Waals surface area (Å²) in [6, 6.07) is 0. The van der Waals surface area contributed by atoms with Crippen molar-refractivity contribution in [3.05, 3.63) is 0 Å². The molecule has 2 saturated carbocycles. The quantitative estimate of drug-likeness (QED) is 0.727. The normalized spacial score (nSPS) is 41.4. The third kappa shape index (κ3) is 1.79. The summed E-state index contributed by atoms with van der Waals surface area (Å²) in [5.41, 5.74) is 0. The Kier molecular flexibility index (Phi) is 2.69. The van der Waals surface area contributed by atoms with Crippen molar-refractivity contribution in [1.82, 2.24) is 4.90 Å². The lowest BCUT2D eigenvalue weighted by molar-refractivity contribution is -0.142. The fraction of sp³-hybridized carbons (Fsp3) is 0.846. The van der Waals surface area contributed by atoms with Crippen LogP contribution in [0, 0.1) is 17.8 Å². The van der Waals surface area contributed by atoms with Gasteiger partial charge in [0.05, 0.1) is 17.9 Å². The van der Waals surface area contributed by atoms with E-state index in [1.807, 2.05) is 0 Å². The number of nitrogens with zero attached hydrogens (tertiary/aromatic N) is 1. The van der Waals surface area contributed by atoms with Gasteiger partial charge in [-0.25, -0.2) is 0 Å². The number of carbonyl (C=O) groups is 2. The Labute approximate surface area is 101 Å². The molecule has 0 spiro atoms. The lowest BCUT2D eigenvalue weighted by atomic mass is 9.81. The molecular weight excluding hydrogens is 218 g/mol. The molecule has 4 nitrogen and oxygen atoms in total. The highest BCUT2D eigenvalue weighted by atomic mass is 16.3. The molecule has 0 aromatic rings. The van der Waals surface area contributed by atoms with Gasteiger partial charge in [-0.1, -0.05) is 12.8 Å². The van der Waals surface area contributed by atoms with E-state index in [9.17, 15) is 14.7 Å². The van der Waals surface area contributed by atoms with Crippen molar-refractivity contribution in [2.45, 2.75) is 44.6 Å². The fourth-order valence-electron chi connectivity index (χ4n) is 3.52. The van der Waals surface area contributed by atoms with E-state index < -0.39 is 0 Å². The Hall–Kier alpha value is -0.900. The number of hydrogen-bond acceptors (Lipinski definition) is 3. The lowest BCUT2D eigenvalue weighted by Crippen LogP contribution is -2.41. The molecule has 2 aliphatic carbocycles. The van der Waals surface area contributed by atoms with E-state index in [1.165, 1.54) is 4.90 Å². The first-order chi connectivity index (χ1) is 8.16. The topological polar surface area (TPSA) is 57.6 Å². The molecule has 2 unspecified atom stereocenters. The average Bonchev–Trinajstić information content (AvgIpc) is 2.53. The SMILES string of the molecule is O=C1C2CCCCC2C(=O)N1CC1CC(O)C1. The van der Waals surface area contributed by atoms with Crippen molar-refractivity contribution in [1.29, 1.82) is 0 Å². The predicted molar refractivity (Wildman–Crippen MR) is 60.9 cm³/mol. The van der Waals surface area contributed by atoms with E-state index in [2.05, 4.69) is 0 Å². The van der Waals surface area contributed by atoms with Crippen molar-refractivity contribution in [3.8, 4) is 0 Å². The Balaban J connectivity index is 1.68. The van der Waals surface area contributed by atoms with Gasteiger partial charge in [0.1, 0.15) is 0 Å². The summed E-state index contributed by atoms with van der Waals surface area (Å²) in [7, 11) is 0. The van der Waals surface area contributed by atoms with Gasteiger partial charge in [0.2, 0.25) is 11.8 Å². The van der Waals surface area contributed by atoms with Crippen LogP contribution in [0.3, 0.4) is 0 Å². The minimum atomic E-state index is -0.213. The highest BCUT2D eigenvalue weighted by Gasteiger charge is 2.49. The summed E-state index contributed by atoms with van der Waals surface area (Å²) in [6.45, 7) is 0.543. The zero-order valence-corrected chi connectivity index (χ0v) is 9.97. The molecular formula is C13H19NO3. The summed E-state index contributed by atoms with van der Waals surface area (Å²) < 4.78 is 0. The highest BCUT2D eigenvalue weighted by Crippen LogP contribution is 2.39. The number of likely N-dealkylation sites (tertiary alicyclic amines) is 1. The smallest absolute Gasteiger partial charge is 0.233 e. The molecule has 94 valence electrons. The van der Waals surface area contributed by atoms with Crippen LogP contribution in [-0.4, -0.2) is 34.5 Å². The monoisotopic (exact) mass is 237 g/mol. The minimum absolute atomic E-state index is 0.0266. The minimum Gasteiger partial charge on any atom is -0.393 e. The van der Waals surface area contributed by atoms with Gasteiger partial charge in [0, 0.05) is 6.54 Å². The molecule has 3 fully saturated rings. The maximum Gasteiger partial charge on any atom is 0.233 e. The van der Waals surface area contributed by atoms with Gasteiger partial charge in [-0.2, -0.15) is 0 Å². The molecule has 0 radical (unpaired) electrons. The van der Waals surface area contributed by atoms with Crippen LogP contribution in [-0.2, 0) is 9.59 Å². The predicted octanol–water partition coefficient (Wildman–Crippen LogP) is 0.932. The molecule has 4 heteroatoms. The third-order valence-electron chi connectivity index (χ3n) is 4.58. The summed E-state index contributed by atoms with van der Waals surface area (Å²) >= 11 is 0. The van der Waals surface area contributed by atoms with E-state index in [0.717, 1.165) is 38.5 Å². The van der Waals surface area contributed by atoms with Gasteiger partial charge < -0.3 is 5.11 Å². The molecule has 0 aromatic carbocycles. The van der Waals surface area contributed by atoms with Crippen LogP contribution in [0.15, 0.2) is 0 Å².